The molecule has 0 atom stereocenters. The van der Waals surface area contributed by atoms with Crippen molar-refractivity contribution in [2.24, 2.45) is 0 Å². The summed E-state index contributed by atoms with van der Waals surface area (Å²) in [5.74, 6) is 4.11. The summed E-state index contributed by atoms with van der Waals surface area (Å²) in [4.78, 5) is 0. The van der Waals surface area contributed by atoms with E-state index in [1.165, 1.54) is 6.07 Å². The van der Waals surface area contributed by atoms with Crippen LogP contribution in [-0.4, -0.2) is 38.6 Å². The Kier molecular flexibility index (Phi) is 6.62. The third kappa shape index (κ3) is 6.58. The smallest absolute Gasteiger partial charge is 0.235 e. The summed E-state index contributed by atoms with van der Waals surface area (Å²) in [5, 5.41) is 8.67. The van der Waals surface area contributed by atoms with Gasteiger partial charge in [-0.1, -0.05) is 11.8 Å². The van der Waals surface area contributed by atoms with E-state index < -0.39 is 22.4 Å². The van der Waals surface area contributed by atoms with E-state index in [-0.39, 0.29) is 29.7 Å². The maximum atomic E-state index is 13.2. The van der Waals surface area contributed by atoms with Crippen LogP contribution in [0.15, 0.2) is 18.2 Å². The molecule has 0 saturated carbocycles. The van der Waals surface area contributed by atoms with Crippen molar-refractivity contribution in [3.63, 3.8) is 0 Å². The lowest BCUT2D eigenvalue weighted by Gasteiger charge is -2.11. The fourth-order valence-electron chi connectivity index (χ4n) is 1.46. The molecule has 0 heterocycles. The predicted octanol–water partition coefficient (Wildman–Crippen LogP) is 1.34. The number of aliphatic hydroxyl groups is 1. The van der Waals surface area contributed by atoms with Crippen LogP contribution in [0.5, 0.6) is 0 Å². The van der Waals surface area contributed by atoms with Crippen molar-refractivity contribution in [1.29, 1.82) is 0 Å². The highest BCUT2D eigenvalue weighted by Gasteiger charge is 2.13. The van der Waals surface area contributed by atoms with Gasteiger partial charge in [-0.3, -0.25) is 4.72 Å². The molecule has 0 aromatic heterocycles. The second kappa shape index (κ2) is 7.98. The van der Waals surface area contributed by atoms with Crippen LogP contribution in [0.4, 0.5) is 10.1 Å². The first-order chi connectivity index (χ1) is 9.84. The maximum Gasteiger partial charge on any atom is 0.235 e. The molecule has 1 rings (SSSR count). The molecule has 0 amide bonds. The van der Waals surface area contributed by atoms with Gasteiger partial charge in [-0.25, -0.2) is 12.8 Å². The van der Waals surface area contributed by atoms with Crippen LogP contribution in [0.25, 0.3) is 0 Å². The number of hydrogen-bond acceptors (Lipinski definition) is 4. The van der Waals surface area contributed by atoms with Gasteiger partial charge in [-0.2, -0.15) is 0 Å². The zero-order chi connectivity index (χ0) is 15.9. The van der Waals surface area contributed by atoms with E-state index in [9.17, 15) is 12.8 Å². The van der Waals surface area contributed by atoms with E-state index in [0.717, 1.165) is 12.1 Å². The summed E-state index contributed by atoms with van der Waals surface area (Å²) in [6.07, 6.45) is -0.0583. The molecule has 1 aromatic carbocycles. The number of benzene rings is 1. The molecule has 5 nitrogen and oxygen atoms in total. The molecule has 2 N–H and O–H groups in total. The molecule has 7 heteroatoms. The van der Waals surface area contributed by atoms with Gasteiger partial charge in [-0.05, 0) is 32.0 Å². The summed E-state index contributed by atoms with van der Waals surface area (Å²) in [5.41, 5.74) is 0.333. The standard InChI is InChI=1S/C14H18FNO4S/c1-11(2)20-8-9-21(18,19)16-14-6-5-13(15)10-12(14)4-3-7-17/h5-6,10-11,16-17H,7-9H2,1-2H3. The van der Waals surface area contributed by atoms with Gasteiger partial charge in [-0.15, -0.1) is 0 Å². The average Bonchev–Trinajstić information content (AvgIpc) is 2.38. The number of sulfonamides is 1. The van der Waals surface area contributed by atoms with Crippen LogP contribution in [0.1, 0.15) is 19.4 Å². The molecule has 21 heavy (non-hydrogen) atoms. The minimum Gasteiger partial charge on any atom is -0.384 e. The van der Waals surface area contributed by atoms with Crippen LogP contribution in [0.2, 0.25) is 0 Å². The molecule has 0 radical (unpaired) electrons. The number of hydrogen-bond donors (Lipinski definition) is 2. The number of nitrogens with one attached hydrogen (secondary N) is 1. The Morgan fingerprint density at radius 3 is 2.76 bits per heavy atom. The molecule has 0 spiro atoms. The minimum atomic E-state index is -3.62. The molecular weight excluding hydrogens is 297 g/mol. The van der Waals surface area contributed by atoms with E-state index in [4.69, 9.17) is 9.84 Å². The highest BCUT2D eigenvalue weighted by Crippen LogP contribution is 2.17. The van der Waals surface area contributed by atoms with Crippen LogP contribution in [0, 0.1) is 17.7 Å². The van der Waals surface area contributed by atoms with Crippen molar-refractivity contribution in [3.05, 3.63) is 29.6 Å². The molecule has 0 bridgehead atoms. The quantitative estimate of drug-likeness (QED) is 0.777. The zero-order valence-corrected chi connectivity index (χ0v) is 12.7. The summed E-state index contributed by atoms with van der Waals surface area (Å²) < 4.78 is 44.5. The van der Waals surface area contributed by atoms with Gasteiger partial charge in [0.15, 0.2) is 0 Å². The van der Waals surface area contributed by atoms with Gasteiger partial charge in [0.05, 0.1) is 29.7 Å². The highest BCUT2D eigenvalue weighted by atomic mass is 32.2. The number of halogens is 1. The van der Waals surface area contributed by atoms with Gasteiger partial charge in [0.25, 0.3) is 0 Å². The van der Waals surface area contributed by atoms with E-state index in [1.54, 1.807) is 0 Å². The highest BCUT2D eigenvalue weighted by molar-refractivity contribution is 7.92. The van der Waals surface area contributed by atoms with Gasteiger partial charge < -0.3 is 9.84 Å². The lowest BCUT2D eigenvalue weighted by molar-refractivity contribution is 0.0913. The fourth-order valence-corrected chi connectivity index (χ4v) is 2.39. The van der Waals surface area contributed by atoms with E-state index in [2.05, 4.69) is 16.6 Å². The number of anilines is 1. The molecule has 0 aliphatic carbocycles. The Morgan fingerprint density at radius 2 is 2.14 bits per heavy atom. The Balaban J connectivity index is 2.86. The topological polar surface area (TPSA) is 75.6 Å². The Labute approximate surface area is 124 Å². The molecule has 0 unspecified atom stereocenters. The maximum absolute atomic E-state index is 13.2. The van der Waals surface area contributed by atoms with Crippen LogP contribution >= 0.6 is 0 Å². The Hall–Kier alpha value is -1.62. The average molecular weight is 315 g/mol. The second-order valence-electron chi connectivity index (χ2n) is 4.49. The molecule has 0 aliphatic rings. The van der Waals surface area contributed by atoms with E-state index >= 15 is 0 Å². The van der Waals surface area contributed by atoms with E-state index in [1.807, 2.05) is 13.8 Å². The summed E-state index contributed by atoms with van der Waals surface area (Å²) in [6.45, 7) is 3.28. The fraction of sp³-hybridized carbons (Fsp3) is 0.429. The normalized spacial score (nSPS) is 11.1. The van der Waals surface area contributed by atoms with Gasteiger partial charge in [0.1, 0.15) is 12.4 Å². The SMILES string of the molecule is CC(C)OCCS(=O)(=O)Nc1ccc(F)cc1C#CCO. The van der Waals surface area contributed by atoms with Crippen molar-refractivity contribution >= 4 is 15.7 Å². The number of aliphatic hydroxyl groups excluding tert-OH is 1. The van der Waals surface area contributed by atoms with Crippen molar-refractivity contribution in [2.45, 2.75) is 20.0 Å². The lowest BCUT2D eigenvalue weighted by Crippen LogP contribution is -2.22. The largest absolute Gasteiger partial charge is 0.384 e. The van der Waals surface area contributed by atoms with Crippen molar-refractivity contribution in [1.82, 2.24) is 0 Å². The number of rotatable bonds is 6. The van der Waals surface area contributed by atoms with Gasteiger partial charge in [0, 0.05) is 0 Å². The molecule has 0 fully saturated rings. The summed E-state index contributed by atoms with van der Waals surface area (Å²) in [7, 11) is -3.62. The Morgan fingerprint density at radius 1 is 1.43 bits per heavy atom. The molecular formula is C14H18FNO4S. The van der Waals surface area contributed by atoms with Crippen LogP contribution in [-0.2, 0) is 14.8 Å². The molecule has 1 aromatic rings. The third-order valence-corrected chi connectivity index (χ3v) is 3.59. The van der Waals surface area contributed by atoms with Crippen LogP contribution < -0.4 is 4.72 Å². The second-order valence-corrected chi connectivity index (χ2v) is 6.33. The van der Waals surface area contributed by atoms with Gasteiger partial charge >= 0.3 is 0 Å². The third-order valence-electron chi connectivity index (χ3n) is 2.35. The minimum absolute atomic E-state index is 0.0583. The Bertz CT molecular complexity index is 632. The first-order valence-corrected chi connectivity index (χ1v) is 8.00. The molecule has 116 valence electrons. The zero-order valence-electron chi connectivity index (χ0n) is 11.9. The first kappa shape index (κ1) is 17.4. The first-order valence-electron chi connectivity index (χ1n) is 6.35. The summed E-state index contributed by atoms with van der Waals surface area (Å²) in [6, 6.07) is 3.52. The monoisotopic (exact) mass is 315 g/mol. The van der Waals surface area contributed by atoms with Crippen molar-refractivity contribution in [3.8, 4) is 11.8 Å². The number of ether oxygens (including phenoxy) is 1. The summed E-state index contributed by atoms with van der Waals surface area (Å²) >= 11 is 0. The van der Waals surface area contributed by atoms with Crippen molar-refractivity contribution in [2.75, 3.05) is 23.7 Å². The van der Waals surface area contributed by atoms with E-state index in [0.29, 0.717) is 0 Å². The van der Waals surface area contributed by atoms with Gasteiger partial charge in [0.2, 0.25) is 10.0 Å². The molecule has 0 aliphatic heterocycles. The molecule has 0 saturated heterocycles. The lowest BCUT2D eigenvalue weighted by atomic mass is 10.2. The van der Waals surface area contributed by atoms with Crippen molar-refractivity contribution < 1.29 is 22.7 Å². The predicted molar refractivity (Wildman–Crippen MR) is 78.9 cm³/mol. The van der Waals surface area contributed by atoms with Crippen LogP contribution in [0.3, 0.4) is 0 Å².